The molecule has 0 aromatic heterocycles. The van der Waals surface area contributed by atoms with E-state index in [1.165, 1.54) is 10.5 Å². The highest BCUT2D eigenvalue weighted by atomic mass is 16.7. The Morgan fingerprint density at radius 3 is 2.54 bits per heavy atom. The highest BCUT2D eigenvalue weighted by Gasteiger charge is 2.49. The SMILES string of the molecule is O=C(NC1CCc2ccccc21)ON1C(=O)[C@@H]2Cc3ccccc3CN2C1=O. The van der Waals surface area contributed by atoms with Gasteiger partial charge in [-0.05, 0) is 35.1 Å². The van der Waals surface area contributed by atoms with E-state index in [4.69, 9.17) is 4.84 Å². The second kappa shape index (κ2) is 6.37. The third-order valence-corrected chi connectivity index (χ3v) is 5.75. The van der Waals surface area contributed by atoms with Crippen molar-refractivity contribution >= 4 is 18.0 Å². The monoisotopic (exact) mass is 377 g/mol. The molecule has 0 radical (unpaired) electrons. The van der Waals surface area contributed by atoms with E-state index in [1.807, 2.05) is 48.5 Å². The molecule has 0 bridgehead atoms. The highest BCUT2D eigenvalue weighted by Crippen LogP contribution is 2.32. The Morgan fingerprint density at radius 1 is 1.00 bits per heavy atom. The molecule has 1 unspecified atom stereocenters. The van der Waals surface area contributed by atoms with Crippen LogP contribution in [0.1, 0.15) is 34.7 Å². The number of imide groups is 1. The van der Waals surface area contributed by atoms with Crippen LogP contribution in [0, 0.1) is 0 Å². The second-order valence-electron chi connectivity index (χ2n) is 7.34. The van der Waals surface area contributed by atoms with Crippen molar-refractivity contribution in [2.45, 2.75) is 37.9 Å². The fraction of sp³-hybridized carbons (Fsp3) is 0.286. The van der Waals surface area contributed by atoms with Crippen molar-refractivity contribution in [3.63, 3.8) is 0 Å². The van der Waals surface area contributed by atoms with Gasteiger partial charge in [0.1, 0.15) is 6.04 Å². The number of benzene rings is 2. The summed E-state index contributed by atoms with van der Waals surface area (Å²) in [7, 11) is 0. The molecule has 3 aliphatic rings. The lowest BCUT2D eigenvalue weighted by Crippen LogP contribution is -2.40. The standard InChI is InChI=1S/C21H19N3O4/c25-19-18-11-14-6-1-2-7-15(14)12-23(18)21(27)24(19)28-20(26)22-17-10-9-13-5-3-4-8-16(13)17/h1-8,17-18H,9-12H2,(H,22,26)/t17?,18-/m0/s1. The topological polar surface area (TPSA) is 79.0 Å². The molecule has 7 heteroatoms. The Morgan fingerprint density at radius 2 is 1.71 bits per heavy atom. The predicted octanol–water partition coefficient (Wildman–Crippen LogP) is 2.70. The summed E-state index contributed by atoms with van der Waals surface area (Å²) in [6.45, 7) is 0.336. The van der Waals surface area contributed by atoms with Crippen LogP contribution < -0.4 is 5.32 Å². The Bertz CT molecular complexity index is 946. The number of rotatable bonds is 2. The van der Waals surface area contributed by atoms with E-state index < -0.39 is 24.1 Å². The van der Waals surface area contributed by atoms with Gasteiger partial charge in [-0.1, -0.05) is 53.6 Å². The van der Waals surface area contributed by atoms with Gasteiger partial charge in [0.2, 0.25) is 0 Å². The maximum Gasteiger partial charge on any atom is 0.432 e. The van der Waals surface area contributed by atoms with Gasteiger partial charge >= 0.3 is 12.1 Å². The zero-order chi connectivity index (χ0) is 19.3. The highest BCUT2D eigenvalue weighted by molar-refractivity contribution is 6.04. The third-order valence-electron chi connectivity index (χ3n) is 5.75. The number of hydrogen-bond donors (Lipinski definition) is 1. The number of fused-ring (bicyclic) bond motifs is 3. The summed E-state index contributed by atoms with van der Waals surface area (Å²) in [6, 6.07) is 14.2. The molecule has 5 rings (SSSR count). The Hall–Kier alpha value is -3.35. The van der Waals surface area contributed by atoms with E-state index in [2.05, 4.69) is 5.32 Å². The van der Waals surface area contributed by atoms with Crippen LogP contribution in [0.25, 0.3) is 0 Å². The Labute approximate surface area is 161 Å². The van der Waals surface area contributed by atoms with E-state index in [0.717, 1.165) is 29.5 Å². The summed E-state index contributed by atoms with van der Waals surface area (Å²) < 4.78 is 0. The molecule has 2 heterocycles. The molecule has 0 spiro atoms. The van der Waals surface area contributed by atoms with Crippen molar-refractivity contribution in [2.24, 2.45) is 0 Å². The van der Waals surface area contributed by atoms with Gasteiger partial charge < -0.3 is 15.1 Å². The van der Waals surface area contributed by atoms with Crippen LogP contribution in [0.15, 0.2) is 48.5 Å². The summed E-state index contributed by atoms with van der Waals surface area (Å²) >= 11 is 0. The van der Waals surface area contributed by atoms with Gasteiger partial charge in [0.15, 0.2) is 0 Å². The zero-order valence-corrected chi connectivity index (χ0v) is 15.1. The molecule has 2 aromatic carbocycles. The fourth-order valence-corrected chi connectivity index (χ4v) is 4.33. The van der Waals surface area contributed by atoms with E-state index >= 15 is 0 Å². The quantitative estimate of drug-likeness (QED) is 0.816. The lowest BCUT2D eigenvalue weighted by Gasteiger charge is -2.28. The smallest absolute Gasteiger partial charge is 0.313 e. The van der Waals surface area contributed by atoms with E-state index in [0.29, 0.717) is 18.0 Å². The molecular formula is C21H19N3O4. The second-order valence-corrected chi connectivity index (χ2v) is 7.34. The normalized spacial score (nSPS) is 22.6. The maximum atomic E-state index is 12.7. The average molecular weight is 377 g/mol. The molecule has 2 aromatic rings. The largest absolute Gasteiger partial charge is 0.432 e. The van der Waals surface area contributed by atoms with Crippen molar-refractivity contribution < 1.29 is 19.2 Å². The molecule has 1 fully saturated rings. The summed E-state index contributed by atoms with van der Waals surface area (Å²) in [5.74, 6) is -0.499. The number of aryl methyl sites for hydroxylation is 1. The van der Waals surface area contributed by atoms with E-state index in [-0.39, 0.29) is 6.04 Å². The maximum absolute atomic E-state index is 12.7. The van der Waals surface area contributed by atoms with Crippen LogP contribution in [0.5, 0.6) is 0 Å². The molecule has 4 amide bonds. The minimum atomic E-state index is -0.791. The molecule has 2 aliphatic heterocycles. The molecule has 142 valence electrons. The van der Waals surface area contributed by atoms with Crippen molar-refractivity contribution in [3.05, 3.63) is 70.8 Å². The summed E-state index contributed by atoms with van der Waals surface area (Å²) in [4.78, 5) is 44.3. The molecule has 28 heavy (non-hydrogen) atoms. The van der Waals surface area contributed by atoms with E-state index in [9.17, 15) is 14.4 Å². The minimum Gasteiger partial charge on any atom is -0.313 e. The molecular weight excluding hydrogens is 358 g/mol. The first-order valence-electron chi connectivity index (χ1n) is 9.39. The molecule has 2 atom stereocenters. The van der Waals surface area contributed by atoms with Gasteiger partial charge in [-0.3, -0.25) is 4.79 Å². The number of urea groups is 1. The van der Waals surface area contributed by atoms with Gasteiger partial charge in [0.05, 0.1) is 6.04 Å². The number of carbonyl (C=O) groups excluding carboxylic acids is 3. The molecule has 0 saturated carbocycles. The van der Waals surface area contributed by atoms with E-state index in [1.54, 1.807) is 0 Å². The summed E-state index contributed by atoms with van der Waals surface area (Å²) in [5, 5.41) is 3.38. The van der Waals surface area contributed by atoms with Crippen LogP contribution in [0.4, 0.5) is 9.59 Å². The molecule has 1 aliphatic carbocycles. The van der Waals surface area contributed by atoms with Crippen LogP contribution >= 0.6 is 0 Å². The number of amides is 4. The van der Waals surface area contributed by atoms with Crippen molar-refractivity contribution in [1.29, 1.82) is 0 Å². The first-order chi connectivity index (χ1) is 13.6. The van der Waals surface area contributed by atoms with Gasteiger partial charge in [0.25, 0.3) is 5.91 Å². The van der Waals surface area contributed by atoms with Gasteiger partial charge in [0, 0.05) is 13.0 Å². The van der Waals surface area contributed by atoms with Crippen LogP contribution in [0.3, 0.4) is 0 Å². The molecule has 1 N–H and O–H groups in total. The van der Waals surface area contributed by atoms with Crippen LogP contribution in [-0.2, 0) is 29.0 Å². The van der Waals surface area contributed by atoms with Gasteiger partial charge in [-0.15, -0.1) is 0 Å². The lowest BCUT2D eigenvalue weighted by molar-refractivity contribution is -0.150. The zero-order valence-electron chi connectivity index (χ0n) is 15.1. The lowest BCUT2D eigenvalue weighted by atomic mass is 9.95. The first kappa shape index (κ1) is 16.8. The van der Waals surface area contributed by atoms with Crippen LogP contribution in [0.2, 0.25) is 0 Å². The molecule has 7 nitrogen and oxygen atoms in total. The average Bonchev–Trinajstić information content (AvgIpc) is 3.21. The van der Waals surface area contributed by atoms with Crippen molar-refractivity contribution in [3.8, 4) is 0 Å². The van der Waals surface area contributed by atoms with Gasteiger partial charge in [-0.25, -0.2) is 9.59 Å². The first-order valence-corrected chi connectivity index (χ1v) is 9.39. The minimum absolute atomic E-state index is 0.177. The summed E-state index contributed by atoms with van der Waals surface area (Å²) in [5.41, 5.74) is 4.29. The Kier molecular flexibility index (Phi) is 3.82. The Balaban J connectivity index is 1.28. The number of nitrogens with one attached hydrogen (secondary N) is 1. The number of hydroxylamine groups is 2. The number of nitrogens with zero attached hydrogens (tertiary/aromatic N) is 2. The molecule has 1 saturated heterocycles. The van der Waals surface area contributed by atoms with Crippen molar-refractivity contribution in [2.75, 3.05) is 0 Å². The third kappa shape index (κ3) is 2.62. The fourth-order valence-electron chi connectivity index (χ4n) is 4.33. The van der Waals surface area contributed by atoms with Crippen LogP contribution in [-0.4, -0.2) is 34.0 Å². The summed E-state index contributed by atoms with van der Waals surface area (Å²) in [6.07, 6.45) is 1.27. The number of hydrogen-bond acceptors (Lipinski definition) is 4. The van der Waals surface area contributed by atoms with Gasteiger partial charge in [-0.2, -0.15) is 0 Å². The predicted molar refractivity (Wildman–Crippen MR) is 98.8 cm³/mol. The van der Waals surface area contributed by atoms with Crippen molar-refractivity contribution in [1.82, 2.24) is 15.3 Å². The number of carbonyl (C=O) groups is 3.